The van der Waals surface area contributed by atoms with E-state index in [1.807, 2.05) is 19.9 Å². The molecule has 0 aliphatic carbocycles. The van der Waals surface area contributed by atoms with Crippen molar-refractivity contribution >= 4 is 23.2 Å². The van der Waals surface area contributed by atoms with Crippen LogP contribution in [0.2, 0.25) is 5.02 Å². The highest BCUT2D eigenvalue weighted by Crippen LogP contribution is 2.20. The first-order chi connectivity index (χ1) is 12.0. The lowest BCUT2D eigenvalue weighted by Crippen LogP contribution is -2.13. The second kappa shape index (κ2) is 7.07. The lowest BCUT2D eigenvalue weighted by atomic mass is 10.1. The van der Waals surface area contributed by atoms with Crippen molar-refractivity contribution in [2.75, 3.05) is 5.32 Å². The average Bonchev–Trinajstić information content (AvgIpc) is 2.84. The number of hydrogen-bond donors (Lipinski definition) is 1. The van der Waals surface area contributed by atoms with E-state index in [4.69, 9.17) is 11.6 Å². The van der Waals surface area contributed by atoms with Crippen LogP contribution >= 0.6 is 11.6 Å². The highest BCUT2D eigenvalue weighted by molar-refractivity contribution is 6.31. The number of amides is 1. The summed E-state index contributed by atoms with van der Waals surface area (Å²) in [6, 6.07) is 13.2. The van der Waals surface area contributed by atoms with Crippen LogP contribution in [0, 0.1) is 19.7 Å². The number of aryl methyl sites for hydroxylation is 1. The van der Waals surface area contributed by atoms with Crippen LogP contribution in [0.5, 0.6) is 0 Å². The summed E-state index contributed by atoms with van der Waals surface area (Å²) in [5.74, 6) is -0.831. The van der Waals surface area contributed by atoms with Gasteiger partial charge in [0.15, 0.2) is 0 Å². The Kier molecular flexibility index (Phi) is 4.86. The lowest BCUT2D eigenvalue weighted by Gasteiger charge is -2.09. The second-order valence-corrected chi connectivity index (χ2v) is 6.15. The molecule has 3 aromatic rings. The molecule has 3 rings (SSSR count). The number of benzene rings is 2. The van der Waals surface area contributed by atoms with Gasteiger partial charge in [-0.2, -0.15) is 5.10 Å². The second-order valence-electron chi connectivity index (χ2n) is 5.78. The van der Waals surface area contributed by atoms with Gasteiger partial charge in [0.05, 0.1) is 28.6 Å². The normalized spacial score (nSPS) is 10.7. The Bertz CT molecular complexity index is 936. The van der Waals surface area contributed by atoms with Crippen molar-refractivity contribution in [2.45, 2.75) is 20.4 Å². The number of hydrogen-bond acceptors (Lipinski definition) is 2. The monoisotopic (exact) mass is 357 g/mol. The van der Waals surface area contributed by atoms with E-state index in [0.717, 1.165) is 17.0 Å². The van der Waals surface area contributed by atoms with Crippen molar-refractivity contribution in [3.8, 4) is 0 Å². The van der Waals surface area contributed by atoms with Gasteiger partial charge in [0.2, 0.25) is 0 Å². The van der Waals surface area contributed by atoms with Gasteiger partial charge in [0.1, 0.15) is 5.82 Å². The fourth-order valence-corrected chi connectivity index (χ4v) is 2.71. The maximum absolute atomic E-state index is 13.7. The van der Waals surface area contributed by atoms with Crippen molar-refractivity contribution < 1.29 is 9.18 Å². The molecule has 0 saturated carbocycles. The number of aromatic nitrogens is 2. The molecule has 0 radical (unpaired) electrons. The number of para-hydroxylation sites is 1. The number of rotatable bonds is 4. The first-order valence-corrected chi connectivity index (χ1v) is 8.18. The van der Waals surface area contributed by atoms with Crippen molar-refractivity contribution in [1.82, 2.24) is 9.78 Å². The molecule has 0 atom stereocenters. The molecular formula is C19H17ClFN3O. The Morgan fingerprint density at radius 1 is 1.20 bits per heavy atom. The zero-order valence-electron chi connectivity index (χ0n) is 13.9. The summed E-state index contributed by atoms with van der Waals surface area (Å²) >= 11 is 6.17. The van der Waals surface area contributed by atoms with E-state index in [-0.39, 0.29) is 11.6 Å². The first-order valence-electron chi connectivity index (χ1n) is 7.80. The zero-order valence-corrected chi connectivity index (χ0v) is 14.6. The highest BCUT2D eigenvalue weighted by atomic mass is 35.5. The Labute approximate surface area is 150 Å². The Morgan fingerprint density at radius 2 is 1.96 bits per heavy atom. The van der Waals surface area contributed by atoms with Crippen LogP contribution in [0.25, 0.3) is 0 Å². The van der Waals surface area contributed by atoms with E-state index < -0.39 is 5.82 Å². The average molecular weight is 358 g/mol. The molecule has 0 aliphatic heterocycles. The van der Waals surface area contributed by atoms with Crippen LogP contribution in [-0.2, 0) is 6.54 Å². The maximum atomic E-state index is 13.7. The van der Waals surface area contributed by atoms with Crippen molar-refractivity contribution in [2.24, 2.45) is 0 Å². The minimum atomic E-state index is -0.468. The molecule has 0 saturated heterocycles. The van der Waals surface area contributed by atoms with Gasteiger partial charge in [0, 0.05) is 5.56 Å². The van der Waals surface area contributed by atoms with E-state index in [9.17, 15) is 9.18 Å². The quantitative estimate of drug-likeness (QED) is 0.742. The van der Waals surface area contributed by atoms with Crippen molar-refractivity contribution in [3.63, 3.8) is 0 Å². The lowest BCUT2D eigenvalue weighted by molar-refractivity contribution is 0.102. The molecule has 25 heavy (non-hydrogen) atoms. The van der Waals surface area contributed by atoms with Gasteiger partial charge in [-0.25, -0.2) is 4.39 Å². The first kappa shape index (κ1) is 17.2. The molecule has 4 nitrogen and oxygen atoms in total. The molecule has 0 unspecified atom stereocenters. The number of carbonyl (C=O) groups is 1. The summed E-state index contributed by atoms with van der Waals surface area (Å²) in [4.78, 5) is 12.4. The molecule has 1 amide bonds. The van der Waals surface area contributed by atoms with Gasteiger partial charge in [-0.15, -0.1) is 0 Å². The van der Waals surface area contributed by atoms with Crippen LogP contribution in [0.4, 0.5) is 10.1 Å². The molecule has 1 N–H and O–H groups in total. The molecule has 1 aromatic heterocycles. The van der Waals surface area contributed by atoms with Crippen LogP contribution in [0.3, 0.4) is 0 Å². The summed E-state index contributed by atoms with van der Waals surface area (Å²) in [7, 11) is 0. The van der Waals surface area contributed by atoms with Gasteiger partial charge in [-0.3, -0.25) is 9.48 Å². The molecule has 0 aliphatic rings. The van der Waals surface area contributed by atoms with Gasteiger partial charge < -0.3 is 5.32 Å². The molecule has 0 bridgehead atoms. The fraction of sp³-hybridized carbons (Fsp3) is 0.158. The van der Waals surface area contributed by atoms with E-state index >= 15 is 0 Å². The molecule has 6 heteroatoms. The van der Waals surface area contributed by atoms with Crippen LogP contribution in [-0.4, -0.2) is 15.7 Å². The number of nitrogens with one attached hydrogen (secondary N) is 1. The van der Waals surface area contributed by atoms with Gasteiger partial charge in [-0.05, 0) is 43.7 Å². The topological polar surface area (TPSA) is 46.9 Å². The molecule has 1 heterocycles. The summed E-state index contributed by atoms with van der Waals surface area (Å²) in [5.41, 5.74) is 3.16. The predicted molar refractivity (Wildman–Crippen MR) is 96.6 cm³/mol. The summed E-state index contributed by atoms with van der Waals surface area (Å²) < 4.78 is 15.5. The standard InChI is InChI=1S/C19H17ClFN3O/c1-12-18(20)13(2)24(23-12)11-14-6-5-7-15(10-14)19(25)22-17-9-4-3-8-16(17)21/h3-10H,11H2,1-2H3,(H,22,25). The van der Waals surface area contributed by atoms with Crippen LogP contribution in [0.1, 0.15) is 27.3 Å². The minimum absolute atomic E-state index is 0.156. The van der Waals surface area contributed by atoms with Crippen LogP contribution < -0.4 is 5.32 Å². The zero-order chi connectivity index (χ0) is 18.0. The third-order valence-electron chi connectivity index (χ3n) is 3.94. The summed E-state index contributed by atoms with van der Waals surface area (Å²) in [5, 5.41) is 7.62. The highest BCUT2D eigenvalue weighted by Gasteiger charge is 2.12. The smallest absolute Gasteiger partial charge is 0.255 e. The van der Waals surface area contributed by atoms with Gasteiger partial charge >= 0.3 is 0 Å². The van der Waals surface area contributed by atoms with Gasteiger partial charge in [0.25, 0.3) is 5.91 Å². The third-order valence-corrected chi connectivity index (χ3v) is 4.48. The minimum Gasteiger partial charge on any atom is -0.319 e. The third kappa shape index (κ3) is 3.72. The van der Waals surface area contributed by atoms with Crippen molar-refractivity contribution in [3.05, 3.63) is 81.9 Å². The molecular weight excluding hydrogens is 341 g/mol. The summed E-state index contributed by atoms with van der Waals surface area (Å²) in [6.07, 6.45) is 0. The van der Waals surface area contributed by atoms with E-state index in [1.165, 1.54) is 12.1 Å². The number of anilines is 1. The molecule has 128 valence electrons. The molecule has 0 fully saturated rings. The maximum Gasteiger partial charge on any atom is 0.255 e. The van der Waals surface area contributed by atoms with E-state index in [2.05, 4.69) is 10.4 Å². The Hall–Kier alpha value is -2.66. The Balaban J connectivity index is 1.80. The Morgan fingerprint density at radius 3 is 2.64 bits per heavy atom. The fourth-order valence-electron chi connectivity index (χ4n) is 2.57. The molecule has 0 spiro atoms. The van der Waals surface area contributed by atoms with Gasteiger partial charge in [-0.1, -0.05) is 35.9 Å². The van der Waals surface area contributed by atoms with Crippen LogP contribution in [0.15, 0.2) is 48.5 Å². The number of carbonyl (C=O) groups excluding carboxylic acids is 1. The van der Waals surface area contributed by atoms with E-state index in [0.29, 0.717) is 17.1 Å². The largest absolute Gasteiger partial charge is 0.319 e. The van der Waals surface area contributed by atoms with E-state index in [1.54, 1.807) is 35.0 Å². The number of nitrogens with zero attached hydrogens (tertiary/aromatic N) is 2. The number of halogens is 2. The predicted octanol–water partition coefficient (Wildman–Crippen LogP) is 4.59. The molecule has 2 aromatic carbocycles. The summed E-state index contributed by atoms with van der Waals surface area (Å²) in [6.45, 7) is 4.25. The van der Waals surface area contributed by atoms with Crippen molar-refractivity contribution in [1.29, 1.82) is 0 Å². The SMILES string of the molecule is Cc1nn(Cc2cccc(C(=O)Nc3ccccc3F)c2)c(C)c1Cl.